The van der Waals surface area contributed by atoms with Crippen LogP contribution in [0.1, 0.15) is 43.8 Å². The van der Waals surface area contributed by atoms with Crippen molar-refractivity contribution in [2.45, 2.75) is 38.0 Å². The summed E-state index contributed by atoms with van der Waals surface area (Å²) in [7, 11) is 0. The molecule has 3 N–H and O–H groups in total. The molecule has 0 bridgehead atoms. The van der Waals surface area contributed by atoms with E-state index in [1.807, 2.05) is 0 Å². The number of imidazole rings is 1. The predicted molar refractivity (Wildman–Crippen MR) is 61.9 cm³/mol. The minimum Gasteiger partial charge on any atom is -0.382 e. The number of nitrogens with one attached hydrogen (secondary N) is 1. The molecular formula is C11H15N5. The molecule has 0 spiro atoms. The lowest BCUT2D eigenvalue weighted by atomic mass is 9.89. The molecule has 16 heavy (non-hydrogen) atoms. The van der Waals surface area contributed by atoms with E-state index in [1.54, 1.807) is 0 Å². The molecule has 1 aliphatic rings. The zero-order chi connectivity index (χ0) is 11.0. The number of aromatic nitrogens is 4. The van der Waals surface area contributed by atoms with Crippen LogP contribution in [0, 0.1) is 0 Å². The molecular weight excluding hydrogens is 202 g/mol. The number of nitrogens with zero attached hydrogens (tertiary/aromatic N) is 3. The second-order valence-electron chi connectivity index (χ2n) is 4.41. The van der Waals surface area contributed by atoms with Crippen molar-refractivity contribution >= 4 is 17.0 Å². The highest BCUT2D eigenvalue weighted by atomic mass is 15.0. The fourth-order valence-electron chi connectivity index (χ4n) is 2.43. The first-order chi connectivity index (χ1) is 7.84. The normalized spacial score (nSPS) is 18.0. The highest BCUT2D eigenvalue weighted by Crippen LogP contribution is 2.32. The fraction of sp³-hybridized carbons (Fsp3) is 0.545. The van der Waals surface area contributed by atoms with Crippen LogP contribution in [0.15, 0.2) is 6.33 Å². The van der Waals surface area contributed by atoms with Crippen molar-refractivity contribution in [3.05, 3.63) is 12.2 Å². The monoisotopic (exact) mass is 217 g/mol. The number of H-pyrrole nitrogens is 1. The van der Waals surface area contributed by atoms with E-state index >= 15 is 0 Å². The Morgan fingerprint density at radius 2 is 2.00 bits per heavy atom. The van der Waals surface area contributed by atoms with Crippen LogP contribution in [0.5, 0.6) is 0 Å². The molecule has 0 amide bonds. The molecule has 1 aliphatic carbocycles. The largest absolute Gasteiger partial charge is 0.382 e. The lowest BCUT2D eigenvalue weighted by Crippen LogP contribution is -2.06. The third kappa shape index (κ3) is 1.52. The first kappa shape index (κ1) is 9.57. The van der Waals surface area contributed by atoms with E-state index < -0.39 is 0 Å². The van der Waals surface area contributed by atoms with Gasteiger partial charge in [-0.05, 0) is 12.8 Å². The van der Waals surface area contributed by atoms with E-state index in [0.717, 1.165) is 11.3 Å². The average Bonchev–Trinajstić information content (AvgIpc) is 2.76. The smallest absolute Gasteiger partial charge is 0.183 e. The zero-order valence-electron chi connectivity index (χ0n) is 9.11. The van der Waals surface area contributed by atoms with Gasteiger partial charge in [0.2, 0.25) is 0 Å². The molecule has 0 saturated heterocycles. The van der Waals surface area contributed by atoms with Gasteiger partial charge in [0, 0.05) is 5.92 Å². The number of fused-ring (bicyclic) bond motifs is 1. The van der Waals surface area contributed by atoms with Gasteiger partial charge in [0.1, 0.15) is 17.7 Å². The Morgan fingerprint density at radius 1 is 1.19 bits per heavy atom. The summed E-state index contributed by atoms with van der Waals surface area (Å²) >= 11 is 0. The summed E-state index contributed by atoms with van der Waals surface area (Å²) in [4.78, 5) is 15.9. The van der Waals surface area contributed by atoms with Crippen LogP contribution in [0.4, 0.5) is 5.82 Å². The molecule has 2 aromatic heterocycles. The van der Waals surface area contributed by atoms with Gasteiger partial charge in [-0.15, -0.1) is 0 Å². The molecule has 0 radical (unpaired) electrons. The van der Waals surface area contributed by atoms with Gasteiger partial charge in [-0.2, -0.15) is 0 Å². The van der Waals surface area contributed by atoms with Gasteiger partial charge < -0.3 is 10.7 Å². The van der Waals surface area contributed by atoms with E-state index in [4.69, 9.17) is 5.73 Å². The molecule has 2 heterocycles. The topological polar surface area (TPSA) is 80.5 Å². The standard InChI is InChI=1S/C11H15N5/c12-9-8-11(14-6-13-9)16-10(15-8)7-4-2-1-3-5-7/h6-7H,1-5H2,(H3,12,13,14,15,16). The third-order valence-corrected chi connectivity index (χ3v) is 3.33. The molecule has 0 atom stereocenters. The fourth-order valence-corrected chi connectivity index (χ4v) is 2.43. The number of aromatic amines is 1. The van der Waals surface area contributed by atoms with Crippen molar-refractivity contribution in [3.8, 4) is 0 Å². The van der Waals surface area contributed by atoms with Crippen LogP contribution in [0.25, 0.3) is 11.2 Å². The Bertz CT molecular complexity index is 498. The van der Waals surface area contributed by atoms with Gasteiger partial charge in [-0.1, -0.05) is 19.3 Å². The van der Waals surface area contributed by atoms with Gasteiger partial charge >= 0.3 is 0 Å². The Labute approximate surface area is 93.5 Å². The summed E-state index contributed by atoms with van der Waals surface area (Å²) in [5.41, 5.74) is 7.25. The van der Waals surface area contributed by atoms with Crippen molar-refractivity contribution < 1.29 is 0 Å². The lowest BCUT2D eigenvalue weighted by Gasteiger charge is -2.18. The Hall–Kier alpha value is -1.65. The van der Waals surface area contributed by atoms with Crippen molar-refractivity contribution in [3.63, 3.8) is 0 Å². The van der Waals surface area contributed by atoms with E-state index in [1.165, 1.54) is 38.4 Å². The molecule has 2 aromatic rings. The second kappa shape index (κ2) is 3.73. The van der Waals surface area contributed by atoms with Crippen molar-refractivity contribution in [2.75, 3.05) is 5.73 Å². The number of hydrogen-bond acceptors (Lipinski definition) is 4. The predicted octanol–water partition coefficient (Wildman–Crippen LogP) is 1.98. The average molecular weight is 217 g/mol. The molecule has 5 heteroatoms. The van der Waals surface area contributed by atoms with Crippen LogP contribution in [-0.4, -0.2) is 19.9 Å². The first-order valence-corrected chi connectivity index (χ1v) is 5.80. The van der Waals surface area contributed by atoms with Gasteiger partial charge in [-0.25, -0.2) is 15.0 Å². The van der Waals surface area contributed by atoms with Crippen LogP contribution >= 0.6 is 0 Å². The molecule has 84 valence electrons. The first-order valence-electron chi connectivity index (χ1n) is 5.80. The van der Waals surface area contributed by atoms with Crippen molar-refractivity contribution in [1.82, 2.24) is 19.9 Å². The highest BCUT2D eigenvalue weighted by molar-refractivity contribution is 5.81. The number of anilines is 1. The lowest BCUT2D eigenvalue weighted by molar-refractivity contribution is 0.431. The minimum absolute atomic E-state index is 0.486. The summed E-state index contributed by atoms with van der Waals surface area (Å²) in [6.45, 7) is 0. The Balaban J connectivity index is 2.01. The van der Waals surface area contributed by atoms with E-state index in [2.05, 4.69) is 19.9 Å². The maximum absolute atomic E-state index is 5.78. The van der Waals surface area contributed by atoms with E-state index in [0.29, 0.717) is 17.4 Å². The summed E-state index contributed by atoms with van der Waals surface area (Å²) in [6, 6.07) is 0. The van der Waals surface area contributed by atoms with Crippen LogP contribution in [-0.2, 0) is 0 Å². The maximum Gasteiger partial charge on any atom is 0.183 e. The van der Waals surface area contributed by atoms with Gasteiger partial charge in [0.15, 0.2) is 11.5 Å². The summed E-state index contributed by atoms with van der Waals surface area (Å²) in [5, 5.41) is 0. The quantitative estimate of drug-likeness (QED) is 0.765. The number of rotatable bonds is 1. The molecule has 3 rings (SSSR count). The maximum atomic E-state index is 5.78. The van der Waals surface area contributed by atoms with Gasteiger partial charge in [0.05, 0.1) is 0 Å². The van der Waals surface area contributed by atoms with E-state index in [9.17, 15) is 0 Å². The summed E-state index contributed by atoms with van der Waals surface area (Å²) in [6.07, 6.45) is 7.83. The third-order valence-electron chi connectivity index (χ3n) is 3.33. The second-order valence-corrected chi connectivity index (χ2v) is 4.41. The SMILES string of the molecule is Nc1ncnc2nc(C3CCCCC3)[nH]c12. The Morgan fingerprint density at radius 3 is 2.75 bits per heavy atom. The molecule has 1 saturated carbocycles. The number of hydrogen-bond donors (Lipinski definition) is 2. The van der Waals surface area contributed by atoms with Crippen molar-refractivity contribution in [1.29, 1.82) is 0 Å². The number of nitrogens with two attached hydrogens (primary N) is 1. The minimum atomic E-state index is 0.486. The Kier molecular flexibility index (Phi) is 2.23. The molecule has 0 aliphatic heterocycles. The molecule has 0 unspecified atom stereocenters. The molecule has 1 fully saturated rings. The van der Waals surface area contributed by atoms with Crippen LogP contribution in [0.3, 0.4) is 0 Å². The van der Waals surface area contributed by atoms with Gasteiger partial charge in [0.25, 0.3) is 0 Å². The summed E-state index contributed by atoms with van der Waals surface area (Å²) in [5.74, 6) is 2.06. The van der Waals surface area contributed by atoms with Gasteiger partial charge in [-0.3, -0.25) is 0 Å². The van der Waals surface area contributed by atoms with Crippen molar-refractivity contribution in [2.24, 2.45) is 0 Å². The van der Waals surface area contributed by atoms with Crippen LogP contribution in [0.2, 0.25) is 0 Å². The zero-order valence-corrected chi connectivity index (χ0v) is 9.11. The number of nitrogen functional groups attached to an aromatic ring is 1. The highest BCUT2D eigenvalue weighted by Gasteiger charge is 2.19. The van der Waals surface area contributed by atoms with Crippen LogP contribution < -0.4 is 5.73 Å². The summed E-state index contributed by atoms with van der Waals surface area (Å²) < 4.78 is 0. The molecule has 5 nitrogen and oxygen atoms in total. The molecule has 0 aromatic carbocycles. The van der Waals surface area contributed by atoms with E-state index in [-0.39, 0.29) is 0 Å².